The number of rotatable bonds is 3. The Balaban J connectivity index is 1.31. The first-order chi connectivity index (χ1) is 14.2. The second-order valence-corrected chi connectivity index (χ2v) is 7.11. The van der Waals surface area contributed by atoms with Crippen LogP contribution < -0.4 is 5.32 Å². The quantitative estimate of drug-likeness (QED) is 0.554. The Morgan fingerprint density at radius 2 is 1.83 bits per heavy atom. The fourth-order valence-corrected chi connectivity index (χ4v) is 3.82. The third kappa shape index (κ3) is 3.18. The number of hydrogen-bond donors (Lipinski definition) is 2. The van der Waals surface area contributed by atoms with E-state index in [1.54, 1.807) is 36.4 Å². The number of H-pyrrole nitrogens is 1. The Morgan fingerprint density at radius 1 is 1.00 bits per heavy atom. The molecule has 1 aliphatic rings. The first kappa shape index (κ1) is 17.3. The van der Waals surface area contributed by atoms with E-state index in [0.717, 1.165) is 11.9 Å². The summed E-state index contributed by atoms with van der Waals surface area (Å²) in [5.74, 6) is -0.0881. The normalized spacial score (nSPS) is 13.3. The van der Waals surface area contributed by atoms with Gasteiger partial charge in [0.15, 0.2) is 5.76 Å². The molecule has 0 atom stereocenters. The summed E-state index contributed by atoms with van der Waals surface area (Å²) in [6, 6.07) is 18.4. The van der Waals surface area contributed by atoms with Crippen molar-refractivity contribution in [1.82, 2.24) is 9.88 Å². The summed E-state index contributed by atoms with van der Waals surface area (Å²) in [6.45, 7) is 1.27. The standard InChI is InChI=1S/C23H19N3O3/c27-22(21-6-3-13-29-21)24-16-9-7-15(8-10-16)23(28)26-12-11-20-18(14-26)17-4-1-2-5-19(17)25-20/h1-10,13,25H,11-12,14H2,(H,24,27). The van der Waals surface area contributed by atoms with Crippen molar-refractivity contribution < 1.29 is 14.0 Å². The summed E-state index contributed by atoms with van der Waals surface area (Å²) in [6.07, 6.45) is 2.27. The molecule has 3 heterocycles. The first-order valence-corrected chi connectivity index (χ1v) is 9.52. The molecule has 5 rings (SSSR count). The Hall–Kier alpha value is -3.80. The van der Waals surface area contributed by atoms with Crippen LogP contribution in [0.15, 0.2) is 71.3 Å². The van der Waals surface area contributed by atoms with Gasteiger partial charge < -0.3 is 19.6 Å². The van der Waals surface area contributed by atoms with Crippen molar-refractivity contribution in [2.75, 3.05) is 11.9 Å². The highest BCUT2D eigenvalue weighted by Gasteiger charge is 2.24. The predicted molar refractivity (Wildman–Crippen MR) is 110 cm³/mol. The molecule has 2 amide bonds. The number of fused-ring (bicyclic) bond motifs is 3. The second-order valence-electron chi connectivity index (χ2n) is 7.11. The molecule has 0 saturated heterocycles. The molecule has 0 saturated carbocycles. The van der Waals surface area contributed by atoms with Gasteiger partial charge in [0.25, 0.3) is 11.8 Å². The lowest BCUT2D eigenvalue weighted by molar-refractivity contribution is 0.0735. The molecule has 6 nitrogen and oxygen atoms in total. The van der Waals surface area contributed by atoms with Crippen LogP contribution in [0.4, 0.5) is 5.69 Å². The van der Waals surface area contributed by atoms with Crippen molar-refractivity contribution in [2.45, 2.75) is 13.0 Å². The number of nitrogens with one attached hydrogen (secondary N) is 2. The zero-order chi connectivity index (χ0) is 19.8. The molecule has 0 spiro atoms. The molecule has 2 N–H and O–H groups in total. The van der Waals surface area contributed by atoms with Gasteiger partial charge in [-0.05, 0) is 42.5 Å². The summed E-state index contributed by atoms with van der Waals surface area (Å²) in [4.78, 5) is 30.4. The molecule has 0 unspecified atom stereocenters. The number of benzene rings is 2. The van der Waals surface area contributed by atoms with Gasteiger partial charge in [0, 0.05) is 52.9 Å². The number of amides is 2. The number of carbonyl (C=O) groups excluding carboxylic acids is 2. The Kier molecular flexibility index (Phi) is 4.17. The fraction of sp³-hybridized carbons (Fsp3) is 0.130. The highest BCUT2D eigenvalue weighted by atomic mass is 16.3. The number of furan rings is 1. The number of nitrogens with zero attached hydrogens (tertiary/aromatic N) is 1. The number of anilines is 1. The van der Waals surface area contributed by atoms with Crippen molar-refractivity contribution in [2.24, 2.45) is 0 Å². The molecule has 1 aliphatic heterocycles. The molecule has 144 valence electrons. The van der Waals surface area contributed by atoms with Gasteiger partial charge in [-0.2, -0.15) is 0 Å². The summed E-state index contributed by atoms with van der Waals surface area (Å²) in [5, 5.41) is 3.93. The molecule has 2 aromatic carbocycles. The van der Waals surface area contributed by atoms with E-state index in [9.17, 15) is 9.59 Å². The van der Waals surface area contributed by atoms with Crippen LogP contribution >= 0.6 is 0 Å². The van der Waals surface area contributed by atoms with Gasteiger partial charge in [0.05, 0.1) is 6.26 Å². The summed E-state index contributed by atoms with van der Waals surface area (Å²) in [7, 11) is 0. The molecule has 6 heteroatoms. The van der Waals surface area contributed by atoms with E-state index in [1.807, 2.05) is 17.0 Å². The van der Waals surface area contributed by atoms with E-state index in [-0.39, 0.29) is 17.6 Å². The van der Waals surface area contributed by atoms with E-state index in [0.29, 0.717) is 24.3 Å². The lowest BCUT2D eigenvalue weighted by Crippen LogP contribution is -2.35. The van der Waals surface area contributed by atoms with Crippen LogP contribution in [0.3, 0.4) is 0 Å². The van der Waals surface area contributed by atoms with E-state index < -0.39 is 0 Å². The SMILES string of the molecule is O=C(Nc1ccc(C(=O)N2CCc3[nH]c4ccccc4c3C2)cc1)c1ccco1. The van der Waals surface area contributed by atoms with Crippen LogP contribution in [0.25, 0.3) is 10.9 Å². The smallest absolute Gasteiger partial charge is 0.291 e. The van der Waals surface area contributed by atoms with Crippen molar-refractivity contribution in [1.29, 1.82) is 0 Å². The summed E-state index contributed by atoms with van der Waals surface area (Å²) in [5.41, 5.74) is 4.74. The summed E-state index contributed by atoms with van der Waals surface area (Å²) >= 11 is 0. The van der Waals surface area contributed by atoms with Crippen molar-refractivity contribution >= 4 is 28.4 Å². The molecule has 0 radical (unpaired) electrons. The second kappa shape index (κ2) is 6.98. The van der Waals surface area contributed by atoms with Crippen molar-refractivity contribution in [3.8, 4) is 0 Å². The Bertz CT molecular complexity index is 1190. The van der Waals surface area contributed by atoms with Crippen molar-refractivity contribution in [3.05, 3.63) is 89.5 Å². The topological polar surface area (TPSA) is 78.3 Å². The van der Waals surface area contributed by atoms with E-state index in [2.05, 4.69) is 22.4 Å². The summed E-state index contributed by atoms with van der Waals surface area (Å²) < 4.78 is 5.09. The van der Waals surface area contributed by atoms with Crippen LogP contribution in [-0.4, -0.2) is 28.2 Å². The van der Waals surface area contributed by atoms with Crippen LogP contribution in [0.1, 0.15) is 32.2 Å². The minimum Gasteiger partial charge on any atom is -0.459 e. The van der Waals surface area contributed by atoms with Gasteiger partial charge in [0.2, 0.25) is 0 Å². The zero-order valence-electron chi connectivity index (χ0n) is 15.6. The number of para-hydroxylation sites is 1. The minimum atomic E-state index is -0.322. The minimum absolute atomic E-state index is 0.00941. The third-order valence-corrected chi connectivity index (χ3v) is 5.30. The predicted octanol–water partition coefficient (Wildman–Crippen LogP) is 4.21. The maximum absolute atomic E-state index is 13.0. The third-order valence-electron chi connectivity index (χ3n) is 5.30. The first-order valence-electron chi connectivity index (χ1n) is 9.52. The van der Waals surface area contributed by atoms with Crippen molar-refractivity contribution in [3.63, 3.8) is 0 Å². The monoisotopic (exact) mass is 385 g/mol. The average molecular weight is 385 g/mol. The molecule has 0 bridgehead atoms. The number of aromatic amines is 1. The maximum atomic E-state index is 13.0. The van der Waals surface area contributed by atoms with Gasteiger partial charge in [-0.1, -0.05) is 18.2 Å². The van der Waals surface area contributed by atoms with Crippen LogP contribution in [-0.2, 0) is 13.0 Å². The maximum Gasteiger partial charge on any atom is 0.291 e. The zero-order valence-corrected chi connectivity index (χ0v) is 15.6. The van der Waals surface area contributed by atoms with Gasteiger partial charge in [-0.15, -0.1) is 0 Å². The number of aromatic nitrogens is 1. The van der Waals surface area contributed by atoms with E-state index in [4.69, 9.17) is 4.42 Å². The molecule has 0 fully saturated rings. The van der Waals surface area contributed by atoms with Crippen LogP contribution in [0.2, 0.25) is 0 Å². The Morgan fingerprint density at radius 3 is 2.62 bits per heavy atom. The Labute approximate surface area is 167 Å². The van der Waals surface area contributed by atoms with Crippen LogP contribution in [0.5, 0.6) is 0 Å². The molecule has 0 aliphatic carbocycles. The van der Waals surface area contributed by atoms with Gasteiger partial charge >= 0.3 is 0 Å². The average Bonchev–Trinajstić information content (AvgIpc) is 3.41. The molecule has 29 heavy (non-hydrogen) atoms. The number of hydrogen-bond acceptors (Lipinski definition) is 3. The lowest BCUT2D eigenvalue weighted by atomic mass is 10.0. The van der Waals surface area contributed by atoms with Gasteiger partial charge in [-0.3, -0.25) is 9.59 Å². The van der Waals surface area contributed by atoms with E-state index in [1.165, 1.54) is 22.9 Å². The molecular weight excluding hydrogens is 366 g/mol. The molecule has 2 aromatic heterocycles. The molecular formula is C23H19N3O3. The fourth-order valence-electron chi connectivity index (χ4n) is 3.82. The van der Waals surface area contributed by atoms with Gasteiger partial charge in [0.1, 0.15) is 0 Å². The lowest BCUT2D eigenvalue weighted by Gasteiger charge is -2.27. The largest absolute Gasteiger partial charge is 0.459 e. The van der Waals surface area contributed by atoms with E-state index >= 15 is 0 Å². The van der Waals surface area contributed by atoms with Crippen LogP contribution in [0, 0.1) is 0 Å². The van der Waals surface area contributed by atoms with Gasteiger partial charge in [-0.25, -0.2) is 0 Å². The highest BCUT2D eigenvalue weighted by molar-refractivity contribution is 6.02. The molecule has 4 aromatic rings. The highest BCUT2D eigenvalue weighted by Crippen LogP contribution is 2.28. The number of carbonyl (C=O) groups is 2.